The van der Waals surface area contributed by atoms with Gasteiger partial charge in [0.1, 0.15) is 11.3 Å². The van der Waals surface area contributed by atoms with Crippen molar-refractivity contribution in [2.75, 3.05) is 13.2 Å². The summed E-state index contributed by atoms with van der Waals surface area (Å²) in [5.74, 6) is -1.89. The summed E-state index contributed by atoms with van der Waals surface area (Å²) in [6.45, 7) is 0.127. The highest BCUT2D eigenvalue weighted by Gasteiger charge is 2.11. The van der Waals surface area contributed by atoms with E-state index in [9.17, 15) is 19.5 Å². The topological polar surface area (TPSA) is 116 Å². The van der Waals surface area contributed by atoms with Gasteiger partial charge in [0.05, 0.1) is 19.6 Å². The Kier molecular flexibility index (Phi) is 6.73. The van der Waals surface area contributed by atoms with Crippen LogP contribution in [-0.4, -0.2) is 36.2 Å². The Hall–Kier alpha value is -2.57. The van der Waals surface area contributed by atoms with E-state index >= 15 is 0 Å². The molecular formula is C14H17NO6. The molecule has 0 heterocycles. The zero-order valence-electron chi connectivity index (χ0n) is 11.4. The van der Waals surface area contributed by atoms with Crippen LogP contribution in [-0.2, 0) is 19.1 Å². The van der Waals surface area contributed by atoms with E-state index in [0.29, 0.717) is 6.42 Å². The van der Waals surface area contributed by atoms with Crippen molar-refractivity contribution in [1.29, 1.82) is 0 Å². The number of ether oxygens (including phenoxy) is 2. The number of rotatable bonds is 8. The van der Waals surface area contributed by atoms with Gasteiger partial charge < -0.3 is 20.3 Å². The maximum absolute atomic E-state index is 11.6. The van der Waals surface area contributed by atoms with Crippen LogP contribution in [0.5, 0.6) is 5.75 Å². The van der Waals surface area contributed by atoms with Crippen molar-refractivity contribution in [2.24, 2.45) is 5.73 Å². The number of hydrogen-bond acceptors (Lipinski definition) is 6. The predicted molar refractivity (Wildman–Crippen MR) is 72.4 cm³/mol. The Morgan fingerprint density at radius 2 is 1.71 bits per heavy atom. The van der Waals surface area contributed by atoms with E-state index < -0.39 is 17.8 Å². The van der Waals surface area contributed by atoms with Gasteiger partial charge >= 0.3 is 11.9 Å². The number of benzene rings is 1. The fourth-order valence-corrected chi connectivity index (χ4v) is 1.43. The molecule has 0 radical (unpaired) electrons. The minimum atomic E-state index is -0.645. The number of phenols is 1. The summed E-state index contributed by atoms with van der Waals surface area (Å²) in [5, 5.41) is 9.45. The Labute approximate surface area is 121 Å². The van der Waals surface area contributed by atoms with Crippen LogP contribution in [0.3, 0.4) is 0 Å². The maximum Gasteiger partial charge on any atom is 0.341 e. The Morgan fingerprint density at radius 1 is 1.05 bits per heavy atom. The summed E-state index contributed by atoms with van der Waals surface area (Å²) >= 11 is 0. The van der Waals surface area contributed by atoms with Crippen LogP contribution >= 0.6 is 0 Å². The molecule has 1 rings (SSSR count). The van der Waals surface area contributed by atoms with E-state index in [4.69, 9.17) is 15.2 Å². The molecule has 0 aromatic heterocycles. The van der Waals surface area contributed by atoms with Gasteiger partial charge in [0.15, 0.2) is 0 Å². The second-order valence-electron chi connectivity index (χ2n) is 4.19. The highest BCUT2D eigenvalue weighted by atomic mass is 16.5. The molecule has 0 fully saturated rings. The normalized spacial score (nSPS) is 9.90. The number of aromatic hydroxyl groups is 1. The van der Waals surface area contributed by atoms with E-state index in [1.165, 1.54) is 12.1 Å². The fraction of sp³-hybridized carbons (Fsp3) is 0.357. The first-order chi connectivity index (χ1) is 10.0. The van der Waals surface area contributed by atoms with E-state index in [1.807, 2.05) is 0 Å². The molecule has 0 saturated heterocycles. The highest BCUT2D eigenvalue weighted by molar-refractivity contribution is 5.92. The Balaban J connectivity index is 2.17. The molecular weight excluding hydrogens is 278 g/mol. The van der Waals surface area contributed by atoms with E-state index in [2.05, 4.69) is 0 Å². The predicted octanol–water partition coefficient (Wildman–Crippen LogP) is 0.748. The third-order valence-electron chi connectivity index (χ3n) is 2.48. The zero-order valence-corrected chi connectivity index (χ0v) is 11.4. The summed E-state index contributed by atoms with van der Waals surface area (Å²) in [4.78, 5) is 33.2. The van der Waals surface area contributed by atoms with Crippen molar-refractivity contribution >= 4 is 17.8 Å². The summed E-state index contributed by atoms with van der Waals surface area (Å²) < 4.78 is 9.74. The van der Waals surface area contributed by atoms with Crippen molar-refractivity contribution in [3.05, 3.63) is 29.8 Å². The Bertz CT molecular complexity index is 514. The number of amides is 1. The molecule has 1 aromatic carbocycles. The molecule has 21 heavy (non-hydrogen) atoms. The van der Waals surface area contributed by atoms with Crippen LogP contribution in [0.1, 0.15) is 29.6 Å². The van der Waals surface area contributed by atoms with Gasteiger partial charge in [-0.25, -0.2) is 4.79 Å². The Morgan fingerprint density at radius 3 is 2.38 bits per heavy atom. The molecule has 0 aliphatic heterocycles. The number of carbonyl (C=O) groups excluding carboxylic acids is 3. The van der Waals surface area contributed by atoms with Crippen molar-refractivity contribution in [1.82, 2.24) is 0 Å². The minimum Gasteiger partial charge on any atom is -0.507 e. The lowest BCUT2D eigenvalue weighted by Crippen LogP contribution is -2.15. The van der Waals surface area contributed by atoms with E-state index in [1.54, 1.807) is 12.1 Å². The molecule has 1 amide bonds. The first-order valence-corrected chi connectivity index (χ1v) is 6.39. The van der Waals surface area contributed by atoms with Crippen molar-refractivity contribution in [2.45, 2.75) is 19.3 Å². The fourth-order valence-electron chi connectivity index (χ4n) is 1.43. The van der Waals surface area contributed by atoms with Gasteiger partial charge in [-0.15, -0.1) is 0 Å². The lowest BCUT2D eigenvalue weighted by molar-refractivity contribution is -0.145. The summed E-state index contributed by atoms with van der Waals surface area (Å²) in [6.07, 6.45) is 0.204. The average molecular weight is 295 g/mol. The quantitative estimate of drug-likeness (QED) is 0.540. The van der Waals surface area contributed by atoms with E-state index in [-0.39, 0.29) is 37.4 Å². The van der Waals surface area contributed by atoms with Gasteiger partial charge in [0, 0.05) is 12.8 Å². The van der Waals surface area contributed by atoms with Crippen LogP contribution in [0.2, 0.25) is 0 Å². The van der Waals surface area contributed by atoms with Crippen LogP contribution in [0.25, 0.3) is 0 Å². The molecule has 7 nitrogen and oxygen atoms in total. The standard InChI is InChI=1S/C14H17NO6/c15-12(17)6-7-13(18)20-8-3-9-21-14(19)10-4-1-2-5-11(10)16/h1-2,4-5,16H,3,6-9H2,(H2,15,17). The van der Waals surface area contributed by atoms with Gasteiger partial charge in [0.2, 0.25) is 5.91 Å². The third-order valence-corrected chi connectivity index (χ3v) is 2.48. The summed E-state index contributed by atoms with van der Waals surface area (Å²) in [7, 11) is 0. The number of phenolic OH excluding ortho intramolecular Hbond substituents is 1. The van der Waals surface area contributed by atoms with Crippen LogP contribution < -0.4 is 5.73 Å². The molecule has 0 atom stereocenters. The van der Waals surface area contributed by atoms with Crippen molar-refractivity contribution in [3.63, 3.8) is 0 Å². The van der Waals surface area contributed by atoms with Crippen LogP contribution in [0.4, 0.5) is 0 Å². The average Bonchev–Trinajstić information content (AvgIpc) is 2.45. The molecule has 114 valence electrons. The zero-order chi connectivity index (χ0) is 15.7. The molecule has 7 heteroatoms. The van der Waals surface area contributed by atoms with Crippen molar-refractivity contribution < 1.29 is 29.0 Å². The highest BCUT2D eigenvalue weighted by Crippen LogP contribution is 2.16. The van der Waals surface area contributed by atoms with Gasteiger partial charge in [0.25, 0.3) is 0 Å². The molecule has 3 N–H and O–H groups in total. The van der Waals surface area contributed by atoms with Crippen LogP contribution in [0, 0.1) is 0 Å². The number of para-hydroxylation sites is 1. The molecule has 0 spiro atoms. The lowest BCUT2D eigenvalue weighted by Gasteiger charge is -2.07. The van der Waals surface area contributed by atoms with Gasteiger partial charge in [-0.1, -0.05) is 12.1 Å². The summed E-state index contributed by atoms with van der Waals surface area (Å²) in [6, 6.07) is 6.03. The van der Waals surface area contributed by atoms with Gasteiger partial charge in [-0.3, -0.25) is 9.59 Å². The third kappa shape index (κ3) is 6.42. The molecule has 0 aliphatic carbocycles. The molecule has 0 unspecified atom stereocenters. The molecule has 0 saturated carbocycles. The SMILES string of the molecule is NC(=O)CCC(=O)OCCCOC(=O)c1ccccc1O. The number of nitrogens with two attached hydrogens (primary N) is 1. The maximum atomic E-state index is 11.6. The molecule has 0 aliphatic rings. The minimum absolute atomic E-state index is 0.0519. The number of hydrogen-bond donors (Lipinski definition) is 2. The van der Waals surface area contributed by atoms with Gasteiger partial charge in [-0.2, -0.15) is 0 Å². The number of primary amides is 1. The first kappa shape index (κ1) is 16.5. The molecule has 0 bridgehead atoms. The first-order valence-electron chi connectivity index (χ1n) is 6.39. The smallest absolute Gasteiger partial charge is 0.341 e. The number of carbonyl (C=O) groups is 3. The number of esters is 2. The second-order valence-corrected chi connectivity index (χ2v) is 4.19. The lowest BCUT2D eigenvalue weighted by atomic mass is 10.2. The summed E-state index contributed by atoms with van der Waals surface area (Å²) in [5.41, 5.74) is 4.97. The second kappa shape index (κ2) is 8.57. The van der Waals surface area contributed by atoms with E-state index in [0.717, 1.165) is 0 Å². The molecule has 1 aromatic rings. The van der Waals surface area contributed by atoms with Crippen LogP contribution in [0.15, 0.2) is 24.3 Å². The largest absolute Gasteiger partial charge is 0.507 e. The van der Waals surface area contributed by atoms with Crippen molar-refractivity contribution in [3.8, 4) is 5.75 Å². The van der Waals surface area contributed by atoms with Gasteiger partial charge in [-0.05, 0) is 12.1 Å². The monoisotopic (exact) mass is 295 g/mol.